The number of nitrogens with zero attached hydrogens (tertiary/aromatic N) is 2. The largest absolute Gasteiger partial charge is 0.348 e. The Kier molecular flexibility index (Phi) is 4.59. The van der Waals surface area contributed by atoms with Crippen LogP contribution >= 0.6 is 0 Å². The van der Waals surface area contributed by atoms with Gasteiger partial charge >= 0.3 is 0 Å². The average Bonchev–Trinajstić information content (AvgIpc) is 2.93. The van der Waals surface area contributed by atoms with Gasteiger partial charge in [-0.15, -0.1) is 0 Å². The first-order chi connectivity index (χ1) is 9.23. The minimum absolute atomic E-state index is 0.234. The van der Waals surface area contributed by atoms with E-state index in [1.807, 2.05) is 18.7 Å². The number of imidazole rings is 1. The van der Waals surface area contributed by atoms with Gasteiger partial charge in [0.05, 0.1) is 12.4 Å². The van der Waals surface area contributed by atoms with Crippen LogP contribution in [0.5, 0.6) is 0 Å². The zero-order valence-corrected chi connectivity index (χ0v) is 12.1. The molecule has 0 amide bonds. The van der Waals surface area contributed by atoms with Crippen LogP contribution in [0.2, 0.25) is 0 Å². The molecule has 104 valence electrons. The first-order valence-corrected chi connectivity index (χ1v) is 7.25. The fourth-order valence-electron chi connectivity index (χ4n) is 2.80. The average molecular weight is 260 g/mol. The molecule has 0 spiro atoms. The van der Waals surface area contributed by atoms with Crippen molar-refractivity contribution in [2.24, 2.45) is 5.92 Å². The van der Waals surface area contributed by atoms with Crippen LogP contribution in [0.4, 0.5) is 0 Å². The van der Waals surface area contributed by atoms with E-state index in [0.29, 0.717) is 5.92 Å². The fraction of sp³-hybridized carbons (Fsp3) is 0.562. The number of allylic oxidation sites excluding steroid dienone is 2. The van der Waals surface area contributed by atoms with Crippen LogP contribution in [0.25, 0.3) is 0 Å². The third kappa shape index (κ3) is 2.81. The molecular formula is C16H24N2O. The molecule has 3 atom stereocenters. The Bertz CT molecular complexity index is 436. The van der Waals surface area contributed by atoms with E-state index < -0.39 is 5.72 Å². The molecule has 3 heteroatoms. The van der Waals surface area contributed by atoms with Gasteiger partial charge < -0.3 is 9.30 Å². The molecule has 1 aromatic rings. The van der Waals surface area contributed by atoms with Crippen LogP contribution in [-0.2, 0) is 10.5 Å². The van der Waals surface area contributed by atoms with E-state index >= 15 is 0 Å². The molecule has 1 heterocycles. The van der Waals surface area contributed by atoms with Gasteiger partial charge in [0.2, 0.25) is 0 Å². The Morgan fingerprint density at radius 2 is 2.21 bits per heavy atom. The van der Waals surface area contributed by atoms with Gasteiger partial charge in [0.1, 0.15) is 0 Å². The van der Waals surface area contributed by atoms with E-state index in [1.54, 1.807) is 0 Å². The summed E-state index contributed by atoms with van der Waals surface area (Å²) < 4.78 is 8.54. The summed E-state index contributed by atoms with van der Waals surface area (Å²) in [4.78, 5) is 4.19. The molecule has 0 fully saturated rings. The number of rotatable bonds is 6. The van der Waals surface area contributed by atoms with Crippen LogP contribution in [-0.4, -0.2) is 15.7 Å². The Labute approximate surface area is 116 Å². The van der Waals surface area contributed by atoms with Gasteiger partial charge in [-0.1, -0.05) is 38.5 Å². The summed E-state index contributed by atoms with van der Waals surface area (Å²) in [6, 6.07) is 0. The van der Waals surface area contributed by atoms with Gasteiger partial charge in [0.15, 0.2) is 5.72 Å². The molecule has 0 radical (unpaired) electrons. The lowest BCUT2D eigenvalue weighted by molar-refractivity contribution is -0.137. The first kappa shape index (κ1) is 14.1. The summed E-state index contributed by atoms with van der Waals surface area (Å²) in [5, 5.41) is 0. The normalized spacial score (nSPS) is 27.6. The monoisotopic (exact) mass is 260 g/mol. The lowest BCUT2D eigenvalue weighted by atomic mass is 9.88. The molecule has 3 unspecified atom stereocenters. The molecule has 0 saturated heterocycles. The summed E-state index contributed by atoms with van der Waals surface area (Å²) in [7, 11) is 0. The fourth-order valence-corrected chi connectivity index (χ4v) is 2.80. The summed E-state index contributed by atoms with van der Waals surface area (Å²) in [6.45, 7) is 6.55. The molecule has 0 N–H and O–H groups in total. The maximum Gasteiger partial charge on any atom is 0.171 e. The molecule has 1 aliphatic carbocycles. The van der Waals surface area contributed by atoms with Gasteiger partial charge in [0.25, 0.3) is 0 Å². The van der Waals surface area contributed by atoms with Gasteiger partial charge in [-0.2, -0.15) is 0 Å². The van der Waals surface area contributed by atoms with E-state index in [4.69, 9.17) is 4.74 Å². The number of hydrogen-bond donors (Lipinski definition) is 0. The predicted molar refractivity (Wildman–Crippen MR) is 77.7 cm³/mol. The molecular weight excluding hydrogens is 236 g/mol. The Morgan fingerprint density at radius 1 is 1.37 bits per heavy atom. The highest BCUT2D eigenvalue weighted by molar-refractivity contribution is 5.20. The second-order valence-electron chi connectivity index (χ2n) is 5.20. The number of hydrogen-bond acceptors (Lipinski definition) is 2. The van der Waals surface area contributed by atoms with Crippen molar-refractivity contribution in [1.29, 1.82) is 0 Å². The molecule has 3 nitrogen and oxygen atoms in total. The SMILES string of the molecule is CCCC(C)OC1(n2ccnc2)C=CC=CC1CC. The van der Waals surface area contributed by atoms with Crippen molar-refractivity contribution in [3.8, 4) is 0 Å². The highest BCUT2D eigenvalue weighted by Crippen LogP contribution is 2.37. The summed E-state index contributed by atoms with van der Waals surface area (Å²) >= 11 is 0. The van der Waals surface area contributed by atoms with Crippen molar-refractivity contribution in [3.63, 3.8) is 0 Å². The van der Waals surface area contributed by atoms with Crippen LogP contribution < -0.4 is 0 Å². The third-order valence-electron chi connectivity index (χ3n) is 3.75. The van der Waals surface area contributed by atoms with Crippen LogP contribution in [0.1, 0.15) is 40.0 Å². The highest BCUT2D eigenvalue weighted by Gasteiger charge is 2.39. The highest BCUT2D eigenvalue weighted by atomic mass is 16.5. The third-order valence-corrected chi connectivity index (χ3v) is 3.75. The zero-order valence-electron chi connectivity index (χ0n) is 12.1. The number of ether oxygens (including phenoxy) is 1. The molecule has 1 aromatic heterocycles. The second kappa shape index (κ2) is 6.20. The van der Waals surface area contributed by atoms with Gasteiger partial charge in [0, 0.05) is 18.3 Å². The van der Waals surface area contributed by atoms with E-state index in [-0.39, 0.29) is 6.10 Å². The maximum atomic E-state index is 6.45. The Balaban J connectivity index is 2.33. The standard InChI is InChI=1S/C16H24N2O/c1-4-8-14(3)19-16(18-12-11-17-13-18)10-7-6-9-15(16)5-2/h6-7,9-15H,4-5,8H2,1-3H3. The van der Waals surface area contributed by atoms with Crippen molar-refractivity contribution in [2.45, 2.75) is 51.9 Å². The molecule has 1 aliphatic rings. The van der Waals surface area contributed by atoms with E-state index in [1.165, 1.54) is 0 Å². The van der Waals surface area contributed by atoms with E-state index in [2.05, 4.69) is 54.6 Å². The summed E-state index contributed by atoms with van der Waals surface area (Å²) in [6.07, 6.45) is 17.7. The molecule has 2 rings (SSSR count). The molecule has 0 saturated carbocycles. The molecule has 19 heavy (non-hydrogen) atoms. The lowest BCUT2D eigenvalue weighted by Gasteiger charge is -2.41. The van der Waals surface area contributed by atoms with Crippen molar-refractivity contribution >= 4 is 0 Å². The van der Waals surface area contributed by atoms with Crippen molar-refractivity contribution in [1.82, 2.24) is 9.55 Å². The van der Waals surface area contributed by atoms with E-state index in [9.17, 15) is 0 Å². The minimum atomic E-state index is -0.422. The molecule has 0 bridgehead atoms. The van der Waals surface area contributed by atoms with Crippen LogP contribution in [0.15, 0.2) is 43.0 Å². The Morgan fingerprint density at radius 3 is 2.84 bits per heavy atom. The van der Waals surface area contributed by atoms with Crippen LogP contribution in [0.3, 0.4) is 0 Å². The molecule has 0 aliphatic heterocycles. The predicted octanol–water partition coefficient (Wildman–Crippen LogP) is 3.89. The van der Waals surface area contributed by atoms with Gasteiger partial charge in [-0.05, 0) is 25.8 Å². The van der Waals surface area contributed by atoms with Gasteiger partial charge in [-0.3, -0.25) is 0 Å². The Hall–Kier alpha value is -1.35. The van der Waals surface area contributed by atoms with Gasteiger partial charge in [-0.25, -0.2) is 4.98 Å². The number of aromatic nitrogens is 2. The zero-order chi connectivity index (χ0) is 13.7. The van der Waals surface area contributed by atoms with Crippen LogP contribution in [0, 0.1) is 5.92 Å². The minimum Gasteiger partial charge on any atom is -0.348 e. The van der Waals surface area contributed by atoms with Crippen molar-refractivity contribution in [3.05, 3.63) is 43.0 Å². The summed E-state index contributed by atoms with van der Waals surface area (Å²) in [5.41, 5.74) is -0.422. The molecule has 0 aromatic carbocycles. The second-order valence-corrected chi connectivity index (χ2v) is 5.20. The lowest BCUT2D eigenvalue weighted by Crippen LogP contribution is -2.44. The smallest absolute Gasteiger partial charge is 0.171 e. The maximum absolute atomic E-state index is 6.45. The topological polar surface area (TPSA) is 27.1 Å². The summed E-state index contributed by atoms with van der Waals surface area (Å²) in [5.74, 6) is 0.339. The van der Waals surface area contributed by atoms with Crippen molar-refractivity contribution < 1.29 is 4.74 Å². The van der Waals surface area contributed by atoms with E-state index in [0.717, 1.165) is 19.3 Å². The first-order valence-electron chi connectivity index (χ1n) is 7.25. The quantitative estimate of drug-likeness (QED) is 0.775. The van der Waals surface area contributed by atoms with Crippen molar-refractivity contribution in [2.75, 3.05) is 0 Å².